The van der Waals surface area contributed by atoms with E-state index < -0.39 is 6.04 Å². The summed E-state index contributed by atoms with van der Waals surface area (Å²) in [5.74, 6) is -0.315. The van der Waals surface area contributed by atoms with Crippen molar-refractivity contribution in [3.8, 4) is 0 Å². The summed E-state index contributed by atoms with van der Waals surface area (Å²) in [5.41, 5.74) is 1.33. The Morgan fingerprint density at radius 2 is 1.86 bits per heavy atom. The first kappa shape index (κ1) is 18.2. The Balaban J connectivity index is 1.80. The van der Waals surface area contributed by atoms with E-state index in [1.807, 2.05) is 31.2 Å². The maximum atomic E-state index is 13.4. The lowest BCUT2D eigenvalue weighted by atomic mass is 9.99. The van der Waals surface area contributed by atoms with Gasteiger partial charge in [-0.2, -0.15) is 0 Å². The summed E-state index contributed by atoms with van der Waals surface area (Å²) in [5, 5.41) is 10.1. The van der Waals surface area contributed by atoms with Crippen LogP contribution in [-0.2, 0) is 6.42 Å². The molecule has 6 nitrogen and oxygen atoms in total. The number of hydrogen-bond donors (Lipinski definition) is 0. The minimum atomic E-state index is -0.621. The standard InChI is InChI=1S/C21H14BrN3O3S/c1-2-15-23-24-21(29-15)25-17(11-7-9-12(22)10-8-11)16-18(26)13-5-3-4-6-14(13)28-19(16)20(25)27/h3-10,17H,2H2,1H3. The van der Waals surface area contributed by atoms with Crippen molar-refractivity contribution < 1.29 is 9.21 Å². The van der Waals surface area contributed by atoms with Gasteiger partial charge >= 0.3 is 0 Å². The number of amides is 1. The number of carbonyl (C=O) groups excluding carboxylic acids is 1. The lowest BCUT2D eigenvalue weighted by molar-refractivity contribution is 0.0970. The predicted octanol–water partition coefficient (Wildman–Crippen LogP) is 4.72. The lowest BCUT2D eigenvalue weighted by Crippen LogP contribution is -2.29. The second kappa shape index (κ2) is 6.89. The number of aromatic nitrogens is 2. The van der Waals surface area contributed by atoms with Crippen LogP contribution in [0.25, 0.3) is 11.0 Å². The second-order valence-corrected chi connectivity index (χ2v) is 8.59. The fourth-order valence-corrected chi connectivity index (χ4v) is 4.63. The van der Waals surface area contributed by atoms with Gasteiger partial charge < -0.3 is 4.42 Å². The first-order valence-corrected chi connectivity index (χ1v) is 10.7. The fourth-order valence-electron chi connectivity index (χ4n) is 3.56. The van der Waals surface area contributed by atoms with E-state index in [-0.39, 0.29) is 17.1 Å². The summed E-state index contributed by atoms with van der Waals surface area (Å²) < 4.78 is 6.82. The van der Waals surface area contributed by atoms with Crippen molar-refractivity contribution in [3.63, 3.8) is 0 Å². The van der Waals surface area contributed by atoms with Crippen molar-refractivity contribution in [1.29, 1.82) is 0 Å². The van der Waals surface area contributed by atoms with Gasteiger partial charge in [-0.3, -0.25) is 14.5 Å². The molecule has 0 saturated heterocycles. The summed E-state index contributed by atoms with van der Waals surface area (Å²) in [4.78, 5) is 28.3. The molecule has 0 bridgehead atoms. The Hall–Kier alpha value is -2.84. The summed E-state index contributed by atoms with van der Waals surface area (Å²) in [7, 11) is 0. The Morgan fingerprint density at radius 3 is 2.59 bits per heavy atom. The molecule has 1 aliphatic heterocycles. The molecule has 3 heterocycles. The van der Waals surface area contributed by atoms with Gasteiger partial charge in [-0.05, 0) is 36.2 Å². The molecule has 144 valence electrons. The van der Waals surface area contributed by atoms with E-state index in [2.05, 4.69) is 26.1 Å². The maximum absolute atomic E-state index is 13.4. The monoisotopic (exact) mass is 467 g/mol. The molecule has 0 fully saturated rings. The van der Waals surface area contributed by atoms with Crippen LogP contribution in [0, 0.1) is 0 Å². The van der Waals surface area contributed by atoms with E-state index in [1.165, 1.54) is 16.2 Å². The number of rotatable bonds is 3. The van der Waals surface area contributed by atoms with Crippen LogP contribution in [0.2, 0.25) is 0 Å². The largest absolute Gasteiger partial charge is 0.450 e. The molecule has 1 atom stereocenters. The molecule has 0 N–H and O–H groups in total. The Kier molecular flexibility index (Phi) is 4.33. The van der Waals surface area contributed by atoms with E-state index in [4.69, 9.17) is 4.42 Å². The van der Waals surface area contributed by atoms with Crippen LogP contribution in [0.3, 0.4) is 0 Å². The van der Waals surface area contributed by atoms with E-state index in [9.17, 15) is 9.59 Å². The highest BCUT2D eigenvalue weighted by atomic mass is 79.9. The molecule has 8 heteroatoms. The lowest BCUT2D eigenvalue weighted by Gasteiger charge is -2.22. The quantitative estimate of drug-likeness (QED) is 0.435. The number of aryl methyl sites for hydroxylation is 1. The fraction of sp³-hybridized carbons (Fsp3) is 0.143. The number of para-hydroxylation sites is 1. The molecular weight excluding hydrogens is 454 g/mol. The third-order valence-electron chi connectivity index (χ3n) is 4.93. The van der Waals surface area contributed by atoms with Crippen molar-refractivity contribution >= 4 is 49.3 Å². The third kappa shape index (κ3) is 2.82. The van der Waals surface area contributed by atoms with Gasteiger partial charge in [-0.25, -0.2) is 0 Å². The Labute approximate surface area is 177 Å². The van der Waals surface area contributed by atoms with Crippen molar-refractivity contribution in [1.82, 2.24) is 10.2 Å². The first-order valence-electron chi connectivity index (χ1n) is 9.05. The van der Waals surface area contributed by atoms with Crippen LogP contribution in [0.4, 0.5) is 5.13 Å². The third-order valence-corrected chi connectivity index (χ3v) is 6.52. The number of nitrogens with zero attached hydrogens (tertiary/aromatic N) is 3. The van der Waals surface area contributed by atoms with E-state index in [0.29, 0.717) is 21.7 Å². The van der Waals surface area contributed by atoms with Gasteiger partial charge in [0.1, 0.15) is 10.6 Å². The Morgan fingerprint density at radius 1 is 1.10 bits per heavy atom. The number of anilines is 1. The molecular formula is C21H14BrN3O3S. The van der Waals surface area contributed by atoms with Crippen LogP contribution >= 0.6 is 27.3 Å². The Bertz CT molecular complexity index is 1310. The zero-order chi connectivity index (χ0) is 20.1. The van der Waals surface area contributed by atoms with Crippen LogP contribution in [0.15, 0.2) is 62.2 Å². The molecule has 4 aromatic rings. The molecule has 0 radical (unpaired) electrons. The number of carbonyl (C=O) groups is 1. The highest BCUT2D eigenvalue weighted by molar-refractivity contribution is 9.10. The van der Waals surface area contributed by atoms with Gasteiger partial charge in [0.25, 0.3) is 5.91 Å². The highest BCUT2D eigenvalue weighted by Gasteiger charge is 2.45. The van der Waals surface area contributed by atoms with Gasteiger partial charge in [0, 0.05) is 4.47 Å². The average molecular weight is 468 g/mol. The first-order chi connectivity index (χ1) is 14.1. The molecule has 2 aromatic carbocycles. The van der Waals surface area contributed by atoms with E-state index in [1.54, 1.807) is 24.3 Å². The topological polar surface area (TPSA) is 76.3 Å². The van der Waals surface area contributed by atoms with Crippen LogP contribution in [0.5, 0.6) is 0 Å². The normalized spacial score (nSPS) is 15.9. The van der Waals surface area contributed by atoms with Crippen LogP contribution in [0.1, 0.15) is 39.7 Å². The molecule has 0 spiro atoms. The summed E-state index contributed by atoms with van der Waals surface area (Å²) in [6.45, 7) is 1.98. The van der Waals surface area contributed by atoms with E-state index in [0.717, 1.165) is 21.5 Å². The molecule has 29 heavy (non-hydrogen) atoms. The summed E-state index contributed by atoms with van der Waals surface area (Å²) in [6.07, 6.45) is 0.719. The molecule has 5 rings (SSSR count). The van der Waals surface area contributed by atoms with E-state index >= 15 is 0 Å². The van der Waals surface area contributed by atoms with Gasteiger partial charge in [0.2, 0.25) is 10.9 Å². The summed E-state index contributed by atoms with van der Waals surface area (Å²) >= 11 is 4.78. The van der Waals surface area contributed by atoms with Crippen LogP contribution in [-0.4, -0.2) is 16.1 Å². The van der Waals surface area contributed by atoms with Crippen molar-refractivity contribution in [2.24, 2.45) is 0 Å². The zero-order valence-corrected chi connectivity index (χ0v) is 17.7. The van der Waals surface area contributed by atoms with Gasteiger partial charge in [-0.1, -0.05) is 58.5 Å². The highest BCUT2D eigenvalue weighted by Crippen LogP contribution is 2.42. The van der Waals surface area contributed by atoms with Crippen LogP contribution < -0.4 is 10.3 Å². The molecule has 0 aliphatic carbocycles. The predicted molar refractivity (Wildman–Crippen MR) is 115 cm³/mol. The molecule has 1 amide bonds. The zero-order valence-electron chi connectivity index (χ0n) is 15.3. The van der Waals surface area contributed by atoms with Gasteiger partial charge in [0.05, 0.1) is 17.0 Å². The van der Waals surface area contributed by atoms with Gasteiger partial charge in [-0.15, -0.1) is 10.2 Å². The number of benzene rings is 2. The smallest absolute Gasteiger partial charge is 0.297 e. The molecule has 1 unspecified atom stereocenters. The summed E-state index contributed by atoms with van der Waals surface area (Å²) in [6, 6.07) is 13.9. The van der Waals surface area contributed by atoms with Gasteiger partial charge in [0.15, 0.2) is 5.43 Å². The SMILES string of the molecule is CCc1nnc(N2C(=O)c3oc4ccccc4c(=O)c3C2c2ccc(Br)cc2)s1. The average Bonchev–Trinajstić information content (AvgIpc) is 3.32. The molecule has 0 saturated carbocycles. The molecule has 1 aliphatic rings. The second-order valence-electron chi connectivity index (χ2n) is 6.63. The minimum absolute atomic E-state index is 0.0647. The molecule has 2 aromatic heterocycles. The number of hydrogen-bond acceptors (Lipinski definition) is 6. The van der Waals surface area contributed by atoms with Crippen molar-refractivity contribution in [3.05, 3.63) is 85.1 Å². The maximum Gasteiger partial charge on any atom is 0.297 e. The minimum Gasteiger partial charge on any atom is -0.450 e. The number of halogens is 1. The van der Waals surface area contributed by atoms with Crippen molar-refractivity contribution in [2.45, 2.75) is 19.4 Å². The number of fused-ring (bicyclic) bond motifs is 2. The van der Waals surface area contributed by atoms with Crippen molar-refractivity contribution in [2.75, 3.05) is 4.90 Å².